The van der Waals surface area contributed by atoms with Crippen LogP contribution < -0.4 is 0 Å². The van der Waals surface area contributed by atoms with Crippen LogP contribution in [0.3, 0.4) is 0 Å². The number of halogens is 1. The monoisotopic (exact) mass is 307 g/mol. The Labute approximate surface area is 128 Å². The lowest BCUT2D eigenvalue weighted by molar-refractivity contribution is 0.0586. The van der Waals surface area contributed by atoms with E-state index in [0.717, 1.165) is 36.1 Å². The largest absolute Gasteiger partial charge is 0.335 e. The van der Waals surface area contributed by atoms with Crippen molar-refractivity contribution in [2.75, 3.05) is 12.4 Å². The highest BCUT2D eigenvalue weighted by molar-refractivity contribution is 7.20. The van der Waals surface area contributed by atoms with Crippen LogP contribution in [-0.2, 0) is 0 Å². The van der Waals surface area contributed by atoms with Crippen molar-refractivity contribution in [3.8, 4) is 0 Å². The van der Waals surface area contributed by atoms with Crippen LogP contribution in [0.5, 0.6) is 0 Å². The van der Waals surface area contributed by atoms with Crippen molar-refractivity contribution < 1.29 is 4.79 Å². The maximum absolute atomic E-state index is 12.7. The van der Waals surface area contributed by atoms with E-state index < -0.39 is 0 Å². The molecule has 20 heavy (non-hydrogen) atoms. The van der Waals surface area contributed by atoms with Crippen molar-refractivity contribution in [3.05, 3.63) is 35.2 Å². The number of benzene rings is 1. The fourth-order valence-electron chi connectivity index (χ4n) is 2.61. The van der Waals surface area contributed by atoms with Crippen LogP contribution in [0.1, 0.15) is 35.4 Å². The Morgan fingerprint density at radius 2 is 2.15 bits per heavy atom. The van der Waals surface area contributed by atoms with E-state index in [-0.39, 0.29) is 5.91 Å². The van der Waals surface area contributed by atoms with Gasteiger partial charge in [0.25, 0.3) is 5.91 Å². The molecule has 0 spiro atoms. The number of carbonyl (C=O) groups is 1. The normalized spacial score (nSPS) is 15.2. The van der Waals surface area contributed by atoms with Crippen molar-refractivity contribution >= 4 is 38.9 Å². The average Bonchev–Trinajstić information content (AvgIpc) is 2.84. The minimum atomic E-state index is 0.181. The van der Waals surface area contributed by atoms with Gasteiger partial charge in [-0.15, -0.1) is 22.9 Å². The van der Waals surface area contributed by atoms with Crippen molar-refractivity contribution in [2.24, 2.45) is 0 Å². The first-order valence-corrected chi connectivity index (χ1v) is 8.50. The molecule has 1 heterocycles. The Morgan fingerprint density at radius 1 is 1.35 bits per heavy atom. The van der Waals surface area contributed by atoms with E-state index in [1.54, 1.807) is 11.3 Å². The molecular weight excluding hydrogens is 290 g/mol. The highest BCUT2D eigenvalue weighted by atomic mass is 35.5. The summed E-state index contributed by atoms with van der Waals surface area (Å²) in [7, 11) is 0. The smallest absolute Gasteiger partial charge is 0.264 e. The molecule has 106 valence electrons. The topological polar surface area (TPSA) is 20.3 Å². The van der Waals surface area contributed by atoms with Gasteiger partial charge in [0.15, 0.2) is 0 Å². The quantitative estimate of drug-likeness (QED) is 0.743. The summed E-state index contributed by atoms with van der Waals surface area (Å²) in [5.41, 5.74) is 0. The number of carbonyl (C=O) groups excluding carboxylic acids is 1. The van der Waals surface area contributed by atoms with Gasteiger partial charge in [-0.3, -0.25) is 4.79 Å². The molecule has 1 saturated carbocycles. The molecule has 1 aromatic carbocycles. The maximum atomic E-state index is 12.7. The summed E-state index contributed by atoms with van der Waals surface area (Å²) in [6, 6.07) is 10.6. The Kier molecular flexibility index (Phi) is 4.27. The molecule has 0 atom stereocenters. The number of hydrogen-bond donors (Lipinski definition) is 0. The fraction of sp³-hybridized carbons (Fsp3) is 0.438. The first-order chi connectivity index (χ1) is 9.79. The summed E-state index contributed by atoms with van der Waals surface area (Å²) < 4.78 is 1.18. The summed E-state index contributed by atoms with van der Waals surface area (Å²) in [5.74, 6) is 0.796. The van der Waals surface area contributed by atoms with Gasteiger partial charge in [0.05, 0.1) is 4.88 Å². The van der Waals surface area contributed by atoms with Gasteiger partial charge >= 0.3 is 0 Å². The van der Waals surface area contributed by atoms with Gasteiger partial charge in [-0.05, 0) is 43.2 Å². The molecule has 0 unspecified atom stereocenters. The highest BCUT2D eigenvalue weighted by Gasteiger charge is 2.29. The summed E-state index contributed by atoms with van der Waals surface area (Å²) in [6.45, 7) is 0.779. The summed E-state index contributed by atoms with van der Waals surface area (Å²) >= 11 is 7.39. The molecule has 1 aliphatic rings. The Bertz CT molecular complexity index is 572. The molecule has 4 heteroatoms. The molecule has 2 aromatic rings. The fourth-order valence-corrected chi connectivity index (χ4v) is 3.75. The van der Waals surface area contributed by atoms with Crippen LogP contribution in [0.2, 0.25) is 0 Å². The molecule has 0 bridgehead atoms. The number of nitrogens with zero attached hydrogens (tertiary/aromatic N) is 1. The number of hydrogen-bond acceptors (Lipinski definition) is 2. The Morgan fingerprint density at radius 3 is 2.80 bits per heavy atom. The van der Waals surface area contributed by atoms with Gasteiger partial charge in [0.1, 0.15) is 0 Å². The molecule has 1 aliphatic carbocycles. The molecule has 2 nitrogen and oxygen atoms in total. The van der Waals surface area contributed by atoms with Crippen molar-refractivity contribution in [1.29, 1.82) is 0 Å². The van der Waals surface area contributed by atoms with E-state index in [1.165, 1.54) is 11.1 Å². The SMILES string of the molecule is O=C(c1cc2ccccc2s1)N(CCCCl)C1CCC1. The number of rotatable bonds is 5. The zero-order valence-electron chi connectivity index (χ0n) is 11.3. The number of thiophene rings is 1. The number of amides is 1. The summed E-state index contributed by atoms with van der Waals surface area (Å²) in [6.07, 6.45) is 4.38. The zero-order valence-corrected chi connectivity index (χ0v) is 12.9. The van der Waals surface area contributed by atoms with Crippen molar-refractivity contribution in [3.63, 3.8) is 0 Å². The third-order valence-electron chi connectivity index (χ3n) is 3.95. The second-order valence-corrected chi connectivity index (χ2v) is 6.74. The predicted molar refractivity (Wildman–Crippen MR) is 85.8 cm³/mol. The van der Waals surface area contributed by atoms with E-state index in [0.29, 0.717) is 11.9 Å². The van der Waals surface area contributed by atoms with E-state index >= 15 is 0 Å². The van der Waals surface area contributed by atoms with E-state index in [1.807, 2.05) is 23.1 Å². The van der Waals surface area contributed by atoms with Gasteiger partial charge in [-0.2, -0.15) is 0 Å². The molecule has 1 fully saturated rings. The molecule has 0 saturated heterocycles. The lowest BCUT2D eigenvalue weighted by atomic mass is 9.91. The van der Waals surface area contributed by atoms with Crippen LogP contribution in [0.25, 0.3) is 10.1 Å². The molecule has 3 rings (SSSR count). The standard InChI is InChI=1S/C16H18ClNOS/c17-9-4-10-18(13-6-3-7-13)16(19)15-11-12-5-1-2-8-14(12)20-15/h1-2,5,8,11,13H,3-4,6-7,9-10H2. The first-order valence-electron chi connectivity index (χ1n) is 7.15. The lowest BCUT2D eigenvalue weighted by Crippen LogP contribution is -2.44. The van der Waals surface area contributed by atoms with Gasteiger partial charge in [-0.25, -0.2) is 0 Å². The maximum Gasteiger partial charge on any atom is 0.264 e. The summed E-state index contributed by atoms with van der Waals surface area (Å²) in [5, 5.41) is 1.16. The molecule has 1 amide bonds. The van der Waals surface area contributed by atoms with Crippen molar-refractivity contribution in [2.45, 2.75) is 31.7 Å². The summed E-state index contributed by atoms with van der Waals surface area (Å²) in [4.78, 5) is 15.6. The number of fused-ring (bicyclic) bond motifs is 1. The van der Waals surface area contributed by atoms with E-state index in [2.05, 4.69) is 12.1 Å². The second kappa shape index (κ2) is 6.15. The van der Waals surface area contributed by atoms with Gasteiger partial charge in [0.2, 0.25) is 0 Å². The van der Waals surface area contributed by atoms with E-state index in [4.69, 9.17) is 11.6 Å². The molecular formula is C16H18ClNOS. The van der Waals surface area contributed by atoms with Crippen molar-refractivity contribution in [1.82, 2.24) is 4.90 Å². The molecule has 1 aromatic heterocycles. The second-order valence-electron chi connectivity index (χ2n) is 5.27. The lowest BCUT2D eigenvalue weighted by Gasteiger charge is -2.37. The minimum absolute atomic E-state index is 0.181. The molecule has 0 radical (unpaired) electrons. The highest BCUT2D eigenvalue weighted by Crippen LogP contribution is 2.30. The number of alkyl halides is 1. The minimum Gasteiger partial charge on any atom is -0.335 e. The van der Waals surface area contributed by atoms with Gasteiger partial charge < -0.3 is 4.90 Å². The first kappa shape index (κ1) is 13.9. The van der Waals surface area contributed by atoms with E-state index in [9.17, 15) is 4.79 Å². The third-order valence-corrected chi connectivity index (χ3v) is 5.32. The van der Waals surface area contributed by atoms with Gasteiger partial charge in [-0.1, -0.05) is 18.2 Å². The zero-order chi connectivity index (χ0) is 13.9. The predicted octanol–water partition coefficient (Wildman–Crippen LogP) is 4.52. The Hall–Kier alpha value is -1.06. The van der Waals surface area contributed by atoms with Gasteiger partial charge in [0, 0.05) is 23.2 Å². The molecule has 0 aliphatic heterocycles. The average molecular weight is 308 g/mol. The van der Waals surface area contributed by atoms with Crippen LogP contribution >= 0.6 is 22.9 Å². The Balaban J connectivity index is 1.83. The molecule has 0 N–H and O–H groups in total. The third kappa shape index (κ3) is 2.70. The van der Waals surface area contributed by atoms with Crippen LogP contribution in [0.4, 0.5) is 0 Å². The van der Waals surface area contributed by atoms with Crippen LogP contribution in [-0.4, -0.2) is 29.3 Å². The van der Waals surface area contributed by atoms with Crippen LogP contribution in [0.15, 0.2) is 30.3 Å². The van der Waals surface area contributed by atoms with Crippen LogP contribution in [0, 0.1) is 0 Å².